The Hall–Kier alpha value is -0.120. The zero-order valence-electron chi connectivity index (χ0n) is 11.3. The SMILES string of the molecule is CCCNC(C(C)C)C1CN(CC)CCO1. The van der Waals surface area contributed by atoms with Gasteiger partial charge in [-0.25, -0.2) is 0 Å². The fourth-order valence-corrected chi connectivity index (χ4v) is 2.34. The fourth-order valence-electron chi connectivity index (χ4n) is 2.34. The minimum Gasteiger partial charge on any atom is -0.374 e. The van der Waals surface area contributed by atoms with Gasteiger partial charge in [-0.1, -0.05) is 27.7 Å². The molecule has 0 bridgehead atoms. The summed E-state index contributed by atoms with van der Waals surface area (Å²) in [7, 11) is 0. The first-order chi connectivity index (χ1) is 7.69. The van der Waals surface area contributed by atoms with Crippen LogP contribution >= 0.6 is 0 Å². The highest BCUT2D eigenvalue weighted by Crippen LogP contribution is 2.15. The molecule has 1 aliphatic rings. The fraction of sp³-hybridized carbons (Fsp3) is 1.00. The third-order valence-electron chi connectivity index (χ3n) is 3.37. The maximum Gasteiger partial charge on any atom is 0.0857 e. The van der Waals surface area contributed by atoms with E-state index < -0.39 is 0 Å². The van der Waals surface area contributed by atoms with Crippen LogP contribution in [-0.2, 0) is 4.74 Å². The summed E-state index contributed by atoms with van der Waals surface area (Å²) >= 11 is 0. The van der Waals surface area contributed by atoms with Gasteiger partial charge in [0.15, 0.2) is 0 Å². The van der Waals surface area contributed by atoms with Crippen molar-refractivity contribution in [1.29, 1.82) is 0 Å². The Morgan fingerprint density at radius 3 is 2.69 bits per heavy atom. The quantitative estimate of drug-likeness (QED) is 0.749. The summed E-state index contributed by atoms with van der Waals surface area (Å²) in [6.07, 6.45) is 1.55. The van der Waals surface area contributed by atoms with Crippen LogP contribution in [0.25, 0.3) is 0 Å². The molecule has 0 radical (unpaired) electrons. The molecule has 1 saturated heterocycles. The number of nitrogens with one attached hydrogen (secondary N) is 1. The molecule has 3 nitrogen and oxygen atoms in total. The number of nitrogens with zero attached hydrogens (tertiary/aromatic N) is 1. The lowest BCUT2D eigenvalue weighted by Gasteiger charge is -2.38. The van der Waals surface area contributed by atoms with E-state index in [9.17, 15) is 0 Å². The molecule has 0 aromatic rings. The molecule has 16 heavy (non-hydrogen) atoms. The first-order valence-electron chi connectivity index (χ1n) is 6.76. The van der Waals surface area contributed by atoms with E-state index >= 15 is 0 Å². The topological polar surface area (TPSA) is 24.5 Å². The second-order valence-electron chi connectivity index (χ2n) is 5.03. The lowest BCUT2D eigenvalue weighted by atomic mass is 9.97. The Balaban J connectivity index is 2.48. The summed E-state index contributed by atoms with van der Waals surface area (Å²) in [5, 5.41) is 3.63. The van der Waals surface area contributed by atoms with Crippen LogP contribution < -0.4 is 5.32 Å². The summed E-state index contributed by atoms with van der Waals surface area (Å²) in [5.74, 6) is 0.633. The maximum absolute atomic E-state index is 5.93. The van der Waals surface area contributed by atoms with E-state index in [-0.39, 0.29) is 0 Å². The summed E-state index contributed by atoms with van der Waals surface area (Å²) in [5.41, 5.74) is 0. The number of likely N-dealkylation sites (N-methyl/N-ethyl adjacent to an activating group) is 1. The summed E-state index contributed by atoms with van der Waals surface area (Å²) in [6.45, 7) is 14.3. The average Bonchev–Trinajstić information content (AvgIpc) is 2.29. The molecule has 2 unspecified atom stereocenters. The molecule has 0 aromatic carbocycles. The Morgan fingerprint density at radius 2 is 2.12 bits per heavy atom. The van der Waals surface area contributed by atoms with Crippen molar-refractivity contribution in [2.75, 3.05) is 32.8 Å². The molecule has 0 spiro atoms. The summed E-state index contributed by atoms with van der Waals surface area (Å²) in [6, 6.07) is 0.495. The van der Waals surface area contributed by atoms with Gasteiger partial charge in [0.05, 0.1) is 12.7 Å². The van der Waals surface area contributed by atoms with Gasteiger partial charge in [0.1, 0.15) is 0 Å². The third-order valence-corrected chi connectivity index (χ3v) is 3.37. The van der Waals surface area contributed by atoms with Gasteiger partial charge < -0.3 is 10.1 Å². The van der Waals surface area contributed by atoms with Crippen LogP contribution in [-0.4, -0.2) is 49.8 Å². The maximum atomic E-state index is 5.93. The van der Waals surface area contributed by atoms with Gasteiger partial charge in [0.2, 0.25) is 0 Å². The standard InChI is InChI=1S/C13H28N2O/c1-5-7-14-13(11(3)4)12-10-15(6-2)8-9-16-12/h11-14H,5-10H2,1-4H3. The molecular formula is C13H28N2O. The Kier molecular flexibility index (Phi) is 6.32. The molecule has 1 fully saturated rings. The number of hydrogen-bond acceptors (Lipinski definition) is 3. The largest absolute Gasteiger partial charge is 0.374 e. The van der Waals surface area contributed by atoms with Crippen LogP contribution in [0.3, 0.4) is 0 Å². The smallest absolute Gasteiger partial charge is 0.0857 e. The lowest BCUT2D eigenvalue weighted by molar-refractivity contribution is -0.0524. The van der Waals surface area contributed by atoms with Crippen LogP contribution in [0.15, 0.2) is 0 Å². The van der Waals surface area contributed by atoms with Gasteiger partial charge >= 0.3 is 0 Å². The molecule has 3 heteroatoms. The molecule has 0 saturated carbocycles. The van der Waals surface area contributed by atoms with Gasteiger partial charge in [0, 0.05) is 19.1 Å². The molecule has 96 valence electrons. The number of morpholine rings is 1. The zero-order chi connectivity index (χ0) is 12.0. The zero-order valence-corrected chi connectivity index (χ0v) is 11.3. The molecule has 1 rings (SSSR count). The van der Waals surface area contributed by atoms with E-state index in [0.717, 1.165) is 32.8 Å². The number of hydrogen-bond donors (Lipinski definition) is 1. The lowest BCUT2D eigenvalue weighted by Crippen LogP contribution is -2.54. The van der Waals surface area contributed by atoms with Crippen LogP contribution in [0.1, 0.15) is 34.1 Å². The van der Waals surface area contributed by atoms with Crippen molar-refractivity contribution in [3.8, 4) is 0 Å². The molecule has 2 atom stereocenters. The minimum absolute atomic E-state index is 0.361. The first-order valence-corrected chi connectivity index (χ1v) is 6.76. The minimum atomic E-state index is 0.361. The van der Waals surface area contributed by atoms with Crippen molar-refractivity contribution in [2.45, 2.75) is 46.3 Å². The van der Waals surface area contributed by atoms with E-state index in [4.69, 9.17) is 4.74 Å². The van der Waals surface area contributed by atoms with Crippen LogP contribution in [0.2, 0.25) is 0 Å². The molecule has 1 N–H and O–H groups in total. The van der Waals surface area contributed by atoms with E-state index in [1.54, 1.807) is 0 Å². The summed E-state index contributed by atoms with van der Waals surface area (Å²) in [4.78, 5) is 2.48. The van der Waals surface area contributed by atoms with E-state index in [1.165, 1.54) is 6.42 Å². The van der Waals surface area contributed by atoms with Crippen LogP contribution in [0.5, 0.6) is 0 Å². The molecule has 0 amide bonds. The van der Waals surface area contributed by atoms with E-state index in [0.29, 0.717) is 18.1 Å². The van der Waals surface area contributed by atoms with Crippen LogP contribution in [0, 0.1) is 5.92 Å². The summed E-state index contributed by atoms with van der Waals surface area (Å²) < 4.78 is 5.93. The van der Waals surface area contributed by atoms with Crippen LogP contribution in [0.4, 0.5) is 0 Å². The van der Waals surface area contributed by atoms with Crippen molar-refractivity contribution in [3.63, 3.8) is 0 Å². The number of ether oxygens (including phenoxy) is 1. The van der Waals surface area contributed by atoms with Crippen molar-refractivity contribution in [2.24, 2.45) is 5.92 Å². The molecule has 1 aliphatic heterocycles. The van der Waals surface area contributed by atoms with Gasteiger partial charge in [-0.2, -0.15) is 0 Å². The number of rotatable bonds is 6. The van der Waals surface area contributed by atoms with E-state index in [2.05, 4.69) is 37.9 Å². The second kappa shape index (κ2) is 7.25. The highest BCUT2D eigenvalue weighted by Gasteiger charge is 2.28. The van der Waals surface area contributed by atoms with Gasteiger partial charge in [-0.05, 0) is 25.4 Å². The predicted molar refractivity (Wildman–Crippen MR) is 68.8 cm³/mol. The monoisotopic (exact) mass is 228 g/mol. The van der Waals surface area contributed by atoms with Gasteiger partial charge in [-0.15, -0.1) is 0 Å². The first kappa shape index (κ1) is 13.9. The highest BCUT2D eigenvalue weighted by molar-refractivity contribution is 4.84. The normalized spacial score (nSPS) is 24.9. The molecule has 0 aromatic heterocycles. The average molecular weight is 228 g/mol. The van der Waals surface area contributed by atoms with Crippen molar-refractivity contribution in [1.82, 2.24) is 10.2 Å². The predicted octanol–water partition coefficient (Wildman–Crippen LogP) is 1.73. The van der Waals surface area contributed by atoms with Gasteiger partial charge in [-0.3, -0.25) is 4.90 Å². The molecular weight excluding hydrogens is 200 g/mol. The van der Waals surface area contributed by atoms with Gasteiger partial charge in [0.25, 0.3) is 0 Å². The van der Waals surface area contributed by atoms with Crippen molar-refractivity contribution >= 4 is 0 Å². The van der Waals surface area contributed by atoms with E-state index in [1.807, 2.05) is 0 Å². The molecule has 0 aliphatic carbocycles. The highest BCUT2D eigenvalue weighted by atomic mass is 16.5. The Bertz CT molecular complexity index is 185. The third kappa shape index (κ3) is 4.04. The van der Waals surface area contributed by atoms with Crippen molar-refractivity contribution in [3.05, 3.63) is 0 Å². The Morgan fingerprint density at radius 1 is 1.38 bits per heavy atom. The van der Waals surface area contributed by atoms with Crippen molar-refractivity contribution < 1.29 is 4.74 Å². The Labute approximate surface area is 101 Å². The molecule has 1 heterocycles. The second-order valence-corrected chi connectivity index (χ2v) is 5.03.